The fraction of sp³-hybridized carbons (Fsp3) is 1.00. The summed E-state index contributed by atoms with van der Waals surface area (Å²) in [5, 5.41) is 0. The number of nitrogens with two attached hydrogens (primary N) is 6. The fourth-order valence-electron chi connectivity index (χ4n) is 2.05. The van der Waals surface area contributed by atoms with E-state index in [2.05, 4.69) is 29.0 Å². The Balaban J connectivity index is 3.06. The van der Waals surface area contributed by atoms with Crippen LogP contribution in [0.3, 0.4) is 0 Å². The van der Waals surface area contributed by atoms with Crippen molar-refractivity contribution in [1.29, 1.82) is 0 Å². The molecule has 0 unspecified atom stereocenters. The fourth-order valence-corrected chi connectivity index (χ4v) is 2.05. The summed E-state index contributed by atoms with van der Waals surface area (Å²) in [6.07, 6.45) is -5.79. The van der Waals surface area contributed by atoms with Gasteiger partial charge in [0.25, 0.3) is 0 Å². The monoisotopic (exact) mass is 270 g/mol. The van der Waals surface area contributed by atoms with E-state index in [0.29, 0.717) is 0 Å². The summed E-state index contributed by atoms with van der Waals surface area (Å²) < 4.78 is 0. The molecular weight excluding hydrogens is 252 g/mol. The zero-order chi connectivity index (χ0) is 13.7. The average Bonchev–Trinajstić information content (AvgIpc) is 2.43. The first-order valence-corrected chi connectivity index (χ1v) is 4.83. The predicted molar refractivity (Wildman–Crippen MR) is 54.4 cm³/mol. The third-order valence-corrected chi connectivity index (χ3v) is 2.89. The van der Waals surface area contributed by atoms with E-state index in [0.717, 1.165) is 0 Å². The second-order valence-electron chi connectivity index (χ2n) is 3.60. The van der Waals surface area contributed by atoms with Gasteiger partial charge in [0.2, 0.25) is 0 Å². The van der Waals surface area contributed by atoms with Crippen molar-refractivity contribution in [2.75, 3.05) is 0 Å². The molecule has 0 aromatic carbocycles. The Bertz CT molecular complexity index is 175. The quantitative estimate of drug-likeness (QED) is 0.252. The van der Waals surface area contributed by atoms with Crippen LogP contribution in [0.1, 0.15) is 0 Å². The summed E-state index contributed by atoms with van der Waals surface area (Å²) in [5.41, 5.74) is 0. The van der Waals surface area contributed by atoms with Gasteiger partial charge in [-0.15, -0.1) is 0 Å². The Morgan fingerprint density at radius 1 is 0.333 bits per heavy atom. The lowest BCUT2D eigenvalue weighted by atomic mass is 9.84. The summed E-state index contributed by atoms with van der Waals surface area (Å²) >= 11 is 0. The molecule has 0 radical (unpaired) electrons. The van der Waals surface area contributed by atoms with Gasteiger partial charge in [0.1, 0.15) is 36.6 Å². The number of rotatable bonds is 6. The molecule has 1 saturated carbocycles. The average molecular weight is 270 g/mol. The second kappa shape index (κ2) is 7.19. The van der Waals surface area contributed by atoms with Crippen LogP contribution in [0.15, 0.2) is 0 Å². The van der Waals surface area contributed by atoms with Crippen LogP contribution in [-0.2, 0) is 29.0 Å². The molecule has 0 atom stereocenters. The van der Waals surface area contributed by atoms with E-state index in [9.17, 15) is 0 Å². The Morgan fingerprint density at radius 3 is 0.500 bits per heavy atom. The van der Waals surface area contributed by atoms with Gasteiger partial charge in [0, 0.05) is 0 Å². The molecule has 0 spiro atoms. The van der Waals surface area contributed by atoms with E-state index >= 15 is 0 Å². The zero-order valence-corrected chi connectivity index (χ0v) is 9.38. The maximum absolute atomic E-state index is 5.12. The lowest BCUT2D eigenvalue weighted by Crippen LogP contribution is -2.70. The topological polar surface area (TPSA) is 212 Å². The summed E-state index contributed by atoms with van der Waals surface area (Å²) in [5.74, 6) is 30.7. The minimum Gasteiger partial charge on any atom is -0.295 e. The SMILES string of the molecule is NOC1C(ON)C(ON)C(ON)C(ON)C1ON. The lowest BCUT2D eigenvalue weighted by Gasteiger charge is -2.45. The smallest absolute Gasteiger partial charge is 0.140 e. The normalized spacial score (nSPS) is 41.0. The van der Waals surface area contributed by atoms with Crippen LogP contribution in [0.5, 0.6) is 0 Å². The van der Waals surface area contributed by atoms with Crippen molar-refractivity contribution in [2.24, 2.45) is 35.4 Å². The molecule has 0 amide bonds. The molecule has 1 aliphatic carbocycles. The first kappa shape index (κ1) is 15.6. The molecule has 18 heavy (non-hydrogen) atoms. The molecule has 12 N–H and O–H groups in total. The molecule has 1 rings (SSSR count). The lowest BCUT2D eigenvalue weighted by molar-refractivity contribution is -0.287. The van der Waals surface area contributed by atoms with Crippen LogP contribution < -0.4 is 35.4 Å². The van der Waals surface area contributed by atoms with Crippen LogP contribution in [0.4, 0.5) is 0 Å². The van der Waals surface area contributed by atoms with Gasteiger partial charge < -0.3 is 0 Å². The number of hydrogen-bond donors (Lipinski definition) is 6. The third-order valence-electron chi connectivity index (χ3n) is 2.89. The third kappa shape index (κ3) is 2.59. The summed E-state index contributed by atoms with van der Waals surface area (Å²) in [7, 11) is 0. The summed E-state index contributed by atoms with van der Waals surface area (Å²) in [6, 6.07) is 0. The summed E-state index contributed by atoms with van der Waals surface area (Å²) in [6.45, 7) is 0. The van der Waals surface area contributed by atoms with Crippen molar-refractivity contribution < 1.29 is 29.0 Å². The molecule has 0 saturated heterocycles. The van der Waals surface area contributed by atoms with E-state index in [4.69, 9.17) is 35.4 Å². The van der Waals surface area contributed by atoms with Crippen molar-refractivity contribution in [3.8, 4) is 0 Å². The Kier molecular flexibility index (Phi) is 6.22. The van der Waals surface area contributed by atoms with E-state index in [1.165, 1.54) is 0 Å². The number of hydrogen-bond acceptors (Lipinski definition) is 12. The van der Waals surface area contributed by atoms with Crippen LogP contribution >= 0.6 is 0 Å². The largest absolute Gasteiger partial charge is 0.295 e. The van der Waals surface area contributed by atoms with Gasteiger partial charge in [-0.2, -0.15) is 0 Å². The Hall–Kier alpha value is -0.480. The molecule has 1 fully saturated rings. The van der Waals surface area contributed by atoms with Crippen molar-refractivity contribution in [2.45, 2.75) is 36.6 Å². The molecular formula is C6H18N6O6. The molecule has 0 aromatic rings. The maximum atomic E-state index is 5.12. The van der Waals surface area contributed by atoms with Crippen molar-refractivity contribution in [3.63, 3.8) is 0 Å². The first-order valence-electron chi connectivity index (χ1n) is 4.83. The molecule has 0 aliphatic heterocycles. The Labute approximate surface area is 102 Å². The van der Waals surface area contributed by atoms with Crippen molar-refractivity contribution in [1.82, 2.24) is 0 Å². The van der Waals surface area contributed by atoms with E-state index in [1.807, 2.05) is 0 Å². The zero-order valence-electron chi connectivity index (χ0n) is 9.38. The van der Waals surface area contributed by atoms with Gasteiger partial charge >= 0.3 is 0 Å². The molecule has 0 aromatic heterocycles. The maximum Gasteiger partial charge on any atom is 0.140 e. The highest BCUT2D eigenvalue weighted by Gasteiger charge is 2.55. The van der Waals surface area contributed by atoms with Crippen LogP contribution in [0.2, 0.25) is 0 Å². The van der Waals surface area contributed by atoms with E-state index in [-0.39, 0.29) is 0 Å². The van der Waals surface area contributed by atoms with E-state index < -0.39 is 36.6 Å². The highest BCUT2D eigenvalue weighted by Crippen LogP contribution is 2.29. The molecule has 12 nitrogen and oxygen atoms in total. The van der Waals surface area contributed by atoms with Crippen LogP contribution in [-0.4, -0.2) is 36.6 Å². The van der Waals surface area contributed by atoms with E-state index in [1.54, 1.807) is 0 Å². The molecule has 0 heterocycles. The second-order valence-corrected chi connectivity index (χ2v) is 3.60. The van der Waals surface area contributed by atoms with Gasteiger partial charge in [-0.05, 0) is 0 Å². The predicted octanol–water partition coefficient (Wildman–Crippen LogP) is -4.45. The van der Waals surface area contributed by atoms with Gasteiger partial charge in [0.15, 0.2) is 0 Å². The minimum atomic E-state index is -0.964. The minimum absolute atomic E-state index is 0.964. The van der Waals surface area contributed by atoms with Crippen molar-refractivity contribution >= 4 is 0 Å². The molecule has 108 valence electrons. The van der Waals surface area contributed by atoms with Crippen LogP contribution in [0, 0.1) is 0 Å². The van der Waals surface area contributed by atoms with Crippen molar-refractivity contribution in [3.05, 3.63) is 0 Å². The van der Waals surface area contributed by atoms with Gasteiger partial charge in [0.05, 0.1) is 0 Å². The van der Waals surface area contributed by atoms with Crippen LogP contribution in [0.25, 0.3) is 0 Å². The highest BCUT2D eigenvalue weighted by molar-refractivity contribution is 5.02. The van der Waals surface area contributed by atoms with Gasteiger partial charge in [-0.1, -0.05) is 0 Å². The summed E-state index contributed by atoms with van der Waals surface area (Å²) in [4.78, 5) is 28.1. The Morgan fingerprint density at radius 2 is 0.444 bits per heavy atom. The molecule has 12 heteroatoms. The molecule has 0 bridgehead atoms. The highest BCUT2D eigenvalue weighted by atomic mass is 16.7. The molecule has 1 aliphatic rings. The standard InChI is InChI=1S/C6H18N6O6/c7-13-1-2(14-8)4(16-10)6(18-12)5(17-11)3(1)15-9/h1-6H,7-12H2. The van der Waals surface area contributed by atoms with Gasteiger partial charge in [-0.25, -0.2) is 35.4 Å². The van der Waals surface area contributed by atoms with Gasteiger partial charge in [-0.3, -0.25) is 29.0 Å². The first-order chi connectivity index (χ1) is 8.69.